The van der Waals surface area contributed by atoms with Crippen molar-refractivity contribution in [3.8, 4) is 11.4 Å². The number of carbonyl (C=O) groups is 2. The van der Waals surface area contributed by atoms with E-state index >= 15 is 0 Å². The Labute approximate surface area is 227 Å². The molecule has 2 aromatic carbocycles. The monoisotopic (exact) mass is 537 g/mol. The Bertz CT molecular complexity index is 1330. The van der Waals surface area contributed by atoms with Gasteiger partial charge in [-0.2, -0.15) is 0 Å². The summed E-state index contributed by atoms with van der Waals surface area (Å²) < 4.78 is 13.5. The van der Waals surface area contributed by atoms with Gasteiger partial charge in [0.15, 0.2) is 5.82 Å². The predicted octanol–water partition coefficient (Wildman–Crippen LogP) is 4.27. The summed E-state index contributed by atoms with van der Waals surface area (Å²) in [5.41, 5.74) is 3.27. The van der Waals surface area contributed by atoms with Crippen LogP contribution in [-0.2, 0) is 14.3 Å². The minimum atomic E-state index is -0.485. The first-order valence-electron chi connectivity index (χ1n) is 12.6. The van der Waals surface area contributed by atoms with E-state index in [1.807, 2.05) is 67.8 Å². The fourth-order valence-electron chi connectivity index (χ4n) is 4.18. The molecule has 0 bridgehead atoms. The number of Topliss-reactive ketones (excluding diaryl/α,β-unsaturated/α-hetero) is 1. The standard InChI is InChI=1S/C28H32ClN5O4/c1-17(2)28(36)30-11-12-37-13-14-38-22-9-10-25-23(16-22)26(20-5-7-21(29)8-6-20)31-24(15-18(3)35)27-33-32-19(4)34(25)27/h5-10,16-17,24H,11-15H2,1-4H3,(H,30,36)/t24-/m0/s1. The Morgan fingerprint density at radius 3 is 2.55 bits per heavy atom. The summed E-state index contributed by atoms with van der Waals surface area (Å²) in [6, 6.07) is 12.7. The lowest BCUT2D eigenvalue weighted by Crippen LogP contribution is -2.31. The van der Waals surface area contributed by atoms with E-state index in [9.17, 15) is 9.59 Å². The molecule has 0 saturated carbocycles. The molecule has 10 heteroatoms. The van der Waals surface area contributed by atoms with Gasteiger partial charge in [0.25, 0.3) is 0 Å². The van der Waals surface area contributed by atoms with Gasteiger partial charge in [0, 0.05) is 35.0 Å². The minimum Gasteiger partial charge on any atom is -0.491 e. The summed E-state index contributed by atoms with van der Waals surface area (Å²) in [4.78, 5) is 28.8. The van der Waals surface area contributed by atoms with Crippen molar-refractivity contribution in [3.63, 3.8) is 0 Å². The van der Waals surface area contributed by atoms with Crippen molar-refractivity contribution in [2.45, 2.75) is 40.2 Å². The van der Waals surface area contributed by atoms with Gasteiger partial charge in [-0.05, 0) is 44.2 Å². The van der Waals surface area contributed by atoms with Crippen molar-refractivity contribution in [3.05, 3.63) is 70.3 Å². The number of carbonyl (C=O) groups excluding carboxylic acids is 2. The van der Waals surface area contributed by atoms with Gasteiger partial charge in [-0.1, -0.05) is 37.6 Å². The number of amides is 1. The lowest BCUT2D eigenvalue weighted by molar-refractivity contribution is -0.124. The summed E-state index contributed by atoms with van der Waals surface area (Å²) in [7, 11) is 0. The van der Waals surface area contributed by atoms with E-state index in [-0.39, 0.29) is 24.0 Å². The number of rotatable bonds is 11. The molecule has 0 saturated heterocycles. The maximum Gasteiger partial charge on any atom is 0.222 e. The van der Waals surface area contributed by atoms with E-state index in [2.05, 4.69) is 15.5 Å². The lowest BCUT2D eigenvalue weighted by Gasteiger charge is -2.15. The summed E-state index contributed by atoms with van der Waals surface area (Å²) in [6.45, 7) is 8.71. The molecule has 4 rings (SSSR count). The van der Waals surface area contributed by atoms with Crippen molar-refractivity contribution in [2.75, 3.05) is 26.4 Å². The maximum absolute atomic E-state index is 12.1. The Morgan fingerprint density at radius 2 is 1.84 bits per heavy atom. The molecular weight excluding hydrogens is 506 g/mol. The van der Waals surface area contributed by atoms with Gasteiger partial charge in [0.05, 0.1) is 24.6 Å². The zero-order valence-electron chi connectivity index (χ0n) is 22.0. The molecular formula is C28H32ClN5O4. The molecule has 1 atom stereocenters. The topological polar surface area (TPSA) is 108 Å². The number of aliphatic imine (C=N–C) groups is 1. The molecule has 1 N–H and O–H groups in total. The van der Waals surface area contributed by atoms with Crippen LogP contribution in [0.1, 0.15) is 56.0 Å². The van der Waals surface area contributed by atoms with Crippen molar-refractivity contribution >= 4 is 29.0 Å². The number of nitrogens with zero attached hydrogens (tertiary/aromatic N) is 4. The summed E-state index contributed by atoms with van der Waals surface area (Å²) in [5.74, 6) is 1.94. The van der Waals surface area contributed by atoms with Crippen LogP contribution in [0.5, 0.6) is 5.75 Å². The molecule has 2 heterocycles. The Hall–Kier alpha value is -3.56. The Balaban J connectivity index is 1.58. The van der Waals surface area contributed by atoms with Gasteiger partial charge < -0.3 is 14.8 Å². The second kappa shape index (κ2) is 12.3. The van der Waals surface area contributed by atoms with Crippen LogP contribution in [0.4, 0.5) is 0 Å². The van der Waals surface area contributed by atoms with Crippen LogP contribution >= 0.6 is 11.6 Å². The summed E-state index contributed by atoms with van der Waals surface area (Å²) in [5, 5.41) is 12.1. The number of ether oxygens (including phenoxy) is 2. The number of ketones is 1. The Kier molecular flexibility index (Phi) is 8.91. The van der Waals surface area contributed by atoms with E-state index in [1.165, 1.54) is 0 Å². The van der Waals surface area contributed by atoms with Gasteiger partial charge in [-0.25, -0.2) is 0 Å². The second-order valence-electron chi connectivity index (χ2n) is 9.43. The summed E-state index contributed by atoms with van der Waals surface area (Å²) in [6.07, 6.45) is 0.210. The molecule has 1 aliphatic heterocycles. The van der Waals surface area contributed by atoms with Crippen LogP contribution in [-0.4, -0.2) is 58.5 Å². The number of nitrogens with one attached hydrogen (secondary N) is 1. The molecule has 1 amide bonds. The average molecular weight is 538 g/mol. The number of fused-ring (bicyclic) bond motifs is 3. The predicted molar refractivity (Wildman–Crippen MR) is 145 cm³/mol. The van der Waals surface area contributed by atoms with Gasteiger partial charge in [0.1, 0.15) is 30.0 Å². The smallest absolute Gasteiger partial charge is 0.222 e. The van der Waals surface area contributed by atoms with Crippen molar-refractivity contribution < 1.29 is 19.1 Å². The van der Waals surface area contributed by atoms with E-state index in [0.29, 0.717) is 48.8 Å². The molecule has 38 heavy (non-hydrogen) atoms. The quantitative estimate of drug-likeness (QED) is 0.366. The highest BCUT2D eigenvalue weighted by atomic mass is 35.5. The molecule has 9 nitrogen and oxygen atoms in total. The van der Waals surface area contributed by atoms with Crippen molar-refractivity contribution in [2.24, 2.45) is 10.9 Å². The Morgan fingerprint density at radius 1 is 1.08 bits per heavy atom. The number of halogens is 1. The zero-order valence-corrected chi connectivity index (χ0v) is 22.8. The normalized spacial score (nSPS) is 14.4. The highest BCUT2D eigenvalue weighted by molar-refractivity contribution is 6.30. The molecule has 3 aromatic rings. The highest BCUT2D eigenvalue weighted by Gasteiger charge is 2.29. The average Bonchev–Trinajstić information content (AvgIpc) is 3.21. The minimum absolute atomic E-state index is 0.00464. The number of aryl methyl sites for hydroxylation is 1. The maximum atomic E-state index is 12.1. The van der Waals surface area contributed by atoms with E-state index in [4.69, 9.17) is 26.1 Å². The molecule has 0 radical (unpaired) electrons. The molecule has 0 unspecified atom stereocenters. The van der Waals surface area contributed by atoms with E-state index in [0.717, 1.165) is 22.5 Å². The van der Waals surface area contributed by atoms with Gasteiger partial charge >= 0.3 is 0 Å². The molecule has 0 aliphatic carbocycles. The van der Waals surface area contributed by atoms with Crippen LogP contribution in [0, 0.1) is 12.8 Å². The SMILES string of the molecule is CC(=O)C[C@@H]1N=C(c2ccc(Cl)cc2)c2cc(OCCOCCNC(=O)C(C)C)ccc2-n2c(C)nnc21. The molecule has 1 aliphatic rings. The zero-order chi connectivity index (χ0) is 27.2. The van der Waals surface area contributed by atoms with Gasteiger partial charge in [0.2, 0.25) is 5.91 Å². The first-order chi connectivity index (χ1) is 18.2. The van der Waals surface area contributed by atoms with Crippen LogP contribution in [0.25, 0.3) is 5.69 Å². The van der Waals surface area contributed by atoms with Crippen molar-refractivity contribution in [1.82, 2.24) is 20.1 Å². The molecule has 0 spiro atoms. The van der Waals surface area contributed by atoms with Gasteiger partial charge in [-0.15, -0.1) is 10.2 Å². The van der Waals surface area contributed by atoms with Gasteiger partial charge in [-0.3, -0.25) is 19.1 Å². The lowest BCUT2D eigenvalue weighted by atomic mass is 10.00. The fraction of sp³-hybridized carbons (Fsp3) is 0.393. The van der Waals surface area contributed by atoms with E-state index in [1.54, 1.807) is 6.92 Å². The number of benzene rings is 2. The van der Waals surface area contributed by atoms with Crippen molar-refractivity contribution in [1.29, 1.82) is 0 Å². The van der Waals surface area contributed by atoms with E-state index < -0.39 is 6.04 Å². The summed E-state index contributed by atoms with van der Waals surface area (Å²) >= 11 is 6.15. The molecule has 1 aromatic heterocycles. The third-order valence-electron chi connectivity index (χ3n) is 6.06. The number of hydrogen-bond donors (Lipinski definition) is 1. The third kappa shape index (κ3) is 6.46. The largest absolute Gasteiger partial charge is 0.491 e. The van der Waals surface area contributed by atoms with Crippen LogP contribution in [0.2, 0.25) is 5.02 Å². The number of aromatic nitrogens is 3. The van der Waals surface area contributed by atoms with Crippen LogP contribution < -0.4 is 10.1 Å². The highest BCUT2D eigenvalue weighted by Crippen LogP contribution is 2.34. The number of hydrogen-bond acceptors (Lipinski definition) is 7. The first-order valence-corrected chi connectivity index (χ1v) is 13.0. The molecule has 0 fully saturated rings. The second-order valence-corrected chi connectivity index (χ2v) is 9.87. The first kappa shape index (κ1) is 27.5. The van der Waals surface area contributed by atoms with Crippen LogP contribution in [0.3, 0.4) is 0 Å². The fourth-order valence-corrected chi connectivity index (χ4v) is 4.31. The molecule has 200 valence electrons. The third-order valence-corrected chi connectivity index (χ3v) is 6.31. The van der Waals surface area contributed by atoms with Crippen LogP contribution in [0.15, 0.2) is 47.5 Å².